The first-order valence-corrected chi connectivity index (χ1v) is 7.78. The molecule has 0 bridgehead atoms. The number of rotatable bonds is 4. The molecule has 3 N–H and O–H groups in total. The minimum Gasteiger partial charge on any atom is -0.508 e. The predicted molar refractivity (Wildman–Crippen MR) is 88.1 cm³/mol. The van der Waals surface area contributed by atoms with Crippen LogP contribution in [0.2, 0.25) is 0 Å². The second kappa shape index (κ2) is 6.85. The first-order chi connectivity index (χ1) is 11.2. The van der Waals surface area contributed by atoms with Gasteiger partial charge in [-0.15, -0.1) is 0 Å². The summed E-state index contributed by atoms with van der Waals surface area (Å²) in [5.74, 6) is 0.555. The van der Waals surface area contributed by atoms with Gasteiger partial charge in [0.2, 0.25) is 0 Å². The lowest BCUT2D eigenvalue weighted by molar-refractivity contribution is -0.315. The van der Waals surface area contributed by atoms with Crippen molar-refractivity contribution in [2.45, 2.75) is 44.0 Å². The first-order valence-electron chi connectivity index (χ1n) is 7.78. The van der Waals surface area contributed by atoms with Crippen LogP contribution < -0.4 is 4.74 Å². The summed E-state index contributed by atoms with van der Waals surface area (Å²) in [6, 6.07) is 2.57. The molecule has 1 heterocycles. The Kier molecular flexibility index (Phi) is 5.41. The first kappa shape index (κ1) is 19.0. The van der Waals surface area contributed by atoms with E-state index in [0.717, 1.165) is 5.56 Å². The lowest BCUT2D eigenvalue weighted by Crippen LogP contribution is -2.65. The van der Waals surface area contributed by atoms with Crippen molar-refractivity contribution in [3.63, 3.8) is 0 Å². The van der Waals surface area contributed by atoms with Crippen LogP contribution >= 0.6 is 0 Å². The molecule has 1 saturated heterocycles. The number of methoxy groups -OCH3 is 2. The van der Waals surface area contributed by atoms with Gasteiger partial charge in [-0.25, -0.2) is 0 Å². The van der Waals surface area contributed by atoms with Gasteiger partial charge in [-0.2, -0.15) is 0 Å². The number of aliphatic hydroxyl groups is 2. The van der Waals surface area contributed by atoms with Crippen molar-refractivity contribution in [1.29, 1.82) is 0 Å². The van der Waals surface area contributed by atoms with Gasteiger partial charge in [-0.05, 0) is 45.6 Å². The standard InChI is InChI=1S/C17H27NO6/c1-9-7-11(19)10(8-12(9)22-5)17(2)15(21)13(18(3)4)14(20)16(23-6)24-17/h7-8,13-16,19-21H,1-6H3/t13-,14-,15+,16-,17+/m1/s1. The van der Waals surface area contributed by atoms with Crippen LogP contribution in [0.1, 0.15) is 18.1 Å². The molecule has 0 unspecified atom stereocenters. The molecular formula is C17H27NO6. The quantitative estimate of drug-likeness (QED) is 0.738. The van der Waals surface area contributed by atoms with Gasteiger partial charge in [0, 0.05) is 12.7 Å². The van der Waals surface area contributed by atoms with Crippen molar-refractivity contribution >= 4 is 0 Å². The smallest absolute Gasteiger partial charge is 0.185 e. The fraction of sp³-hybridized carbons (Fsp3) is 0.647. The topological polar surface area (TPSA) is 91.6 Å². The largest absolute Gasteiger partial charge is 0.508 e. The molecule has 5 atom stereocenters. The van der Waals surface area contributed by atoms with E-state index in [2.05, 4.69) is 0 Å². The van der Waals surface area contributed by atoms with Crippen LogP contribution in [0.5, 0.6) is 11.5 Å². The minimum atomic E-state index is -1.29. The number of nitrogens with zero attached hydrogens (tertiary/aromatic N) is 1. The van der Waals surface area contributed by atoms with Crippen LogP contribution in [-0.2, 0) is 15.1 Å². The highest BCUT2D eigenvalue weighted by molar-refractivity contribution is 5.48. The zero-order chi connectivity index (χ0) is 18.2. The molecule has 7 nitrogen and oxygen atoms in total. The molecule has 2 rings (SSSR count). The highest BCUT2D eigenvalue weighted by Crippen LogP contribution is 2.44. The van der Waals surface area contributed by atoms with Crippen LogP contribution in [0.4, 0.5) is 0 Å². The van der Waals surface area contributed by atoms with E-state index in [1.807, 2.05) is 6.92 Å². The Morgan fingerprint density at radius 3 is 2.33 bits per heavy atom. The number of ether oxygens (including phenoxy) is 3. The molecule has 0 aliphatic carbocycles. The summed E-state index contributed by atoms with van der Waals surface area (Å²) < 4.78 is 16.4. The van der Waals surface area contributed by atoms with Crippen molar-refractivity contribution in [2.75, 3.05) is 28.3 Å². The summed E-state index contributed by atoms with van der Waals surface area (Å²) in [7, 11) is 6.47. The molecule has 24 heavy (non-hydrogen) atoms. The fourth-order valence-electron chi connectivity index (χ4n) is 3.34. The lowest BCUT2D eigenvalue weighted by atomic mass is 9.80. The highest BCUT2D eigenvalue weighted by atomic mass is 16.7. The summed E-state index contributed by atoms with van der Waals surface area (Å²) in [6.07, 6.45) is -3.09. The second-order valence-electron chi connectivity index (χ2n) is 6.56. The number of likely N-dealkylation sites (N-methyl/N-ethyl adjacent to an activating group) is 1. The molecule has 0 amide bonds. The average molecular weight is 341 g/mol. The number of aryl methyl sites for hydroxylation is 1. The summed E-state index contributed by atoms with van der Waals surface area (Å²) >= 11 is 0. The SMILES string of the molecule is COc1cc([C@]2(C)O[C@@H](OC)[C@H](O)[C@@H](N(C)C)[C@@H]2O)c(O)cc1C. The van der Waals surface area contributed by atoms with Crippen LogP contribution in [-0.4, -0.2) is 73.1 Å². The zero-order valence-corrected chi connectivity index (χ0v) is 15.0. The number of benzene rings is 1. The van der Waals surface area contributed by atoms with E-state index in [1.54, 1.807) is 38.1 Å². The van der Waals surface area contributed by atoms with Crippen molar-refractivity contribution < 1.29 is 29.5 Å². The molecule has 7 heteroatoms. The summed E-state index contributed by atoms with van der Waals surface area (Å²) in [5.41, 5.74) is -0.154. The maximum atomic E-state index is 10.9. The van der Waals surface area contributed by atoms with E-state index in [9.17, 15) is 15.3 Å². The Balaban J connectivity index is 2.57. The van der Waals surface area contributed by atoms with E-state index < -0.39 is 30.1 Å². The molecular weight excluding hydrogens is 314 g/mol. The van der Waals surface area contributed by atoms with Crippen LogP contribution in [0.15, 0.2) is 12.1 Å². The van der Waals surface area contributed by atoms with E-state index in [-0.39, 0.29) is 5.75 Å². The Hall–Kier alpha value is -1.38. The molecule has 1 fully saturated rings. The Bertz CT molecular complexity index is 593. The third kappa shape index (κ3) is 2.98. The average Bonchev–Trinajstić information content (AvgIpc) is 2.51. The van der Waals surface area contributed by atoms with Crippen molar-refractivity contribution in [2.24, 2.45) is 0 Å². The van der Waals surface area contributed by atoms with Crippen molar-refractivity contribution in [1.82, 2.24) is 4.90 Å². The Morgan fingerprint density at radius 1 is 1.21 bits per heavy atom. The van der Waals surface area contributed by atoms with Gasteiger partial charge in [0.25, 0.3) is 0 Å². The molecule has 0 radical (unpaired) electrons. The number of phenols is 1. The molecule has 0 saturated carbocycles. The number of hydrogen-bond acceptors (Lipinski definition) is 7. The molecule has 1 aromatic rings. The van der Waals surface area contributed by atoms with Gasteiger partial charge in [0.15, 0.2) is 6.29 Å². The minimum absolute atomic E-state index is 0.0152. The normalized spacial score (nSPS) is 33.7. The summed E-state index contributed by atoms with van der Waals surface area (Å²) in [6.45, 7) is 3.48. The molecule has 1 aliphatic heterocycles. The van der Waals surface area contributed by atoms with E-state index >= 15 is 0 Å². The third-order valence-electron chi connectivity index (χ3n) is 4.75. The number of hydrogen-bond donors (Lipinski definition) is 3. The lowest BCUT2D eigenvalue weighted by Gasteiger charge is -2.50. The molecule has 1 aliphatic rings. The maximum Gasteiger partial charge on any atom is 0.185 e. The van der Waals surface area contributed by atoms with E-state index in [1.165, 1.54) is 14.2 Å². The van der Waals surface area contributed by atoms with Crippen molar-refractivity contribution in [3.05, 3.63) is 23.3 Å². The van der Waals surface area contributed by atoms with Gasteiger partial charge in [-0.3, -0.25) is 0 Å². The van der Waals surface area contributed by atoms with Gasteiger partial charge >= 0.3 is 0 Å². The second-order valence-corrected chi connectivity index (χ2v) is 6.56. The van der Waals surface area contributed by atoms with E-state index in [4.69, 9.17) is 14.2 Å². The predicted octanol–water partition coefficient (Wildman–Crippen LogP) is 0.579. The zero-order valence-electron chi connectivity index (χ0n) is 15.0. The number of aliphatic hydroxyl groups excluding tert-OH is 2. The van der Waals surface area contributed by atoms with Gasteiger partial charge in [0.05, 0.1) is 13.2 Å². The third-order valence-corrected chi connectivity index (χ3v) is 4.75. The van der Waals surface area contributed by atoms with Gasteiger partial charge in [-0.1, -0.05) is 0 Å². The summed E-state index contributed by atoms with van der Waals surface area (Å²) in [4.78, 5) is 1.71. The number of aromatic hydroxyl groups is 1. The molecule has 0 spiro atoms. The fourth-order valence-corrected chi connectivity index (χ4v) is 3.34. The van der Waals surface area contributed by atoms with Gasteiger partial charge < -0.3 is 34.4 Å². The van der Waals surface area contributed by atoms with Gasteiger partial charge in [0.1, 0.15) is 29.3 Å². The maximum absolute atomic E-state index is 10.9. The Morgan fingerprint density at radius 2 is 1.83 bits per heavy atom. The van der Waals surface area contributed by atoms with Crippen molar-refractivity contribution in [3.8, 4) is 11.5 Å². The van der Waals surface area contributed by atoms with E-state index in [0.29, 0.717) is 11.3 Å². The van der Waals surface area contributed by atoms with Crippen LogP contribution in [0, 0.1) is 6.92 Å². The number of phenolic OH excluding ortho intramolecular Hbond substituents is 1. The molecule has 136 valence electrons. The molecule has 0 aromatic heterocycles. The van der Waals surface area contributed by atoms with Crippen LogP contribution in [0.3, 0.4) is 0 Å². The highest BCUT2D eigenvalue weighted by Gasteiger charge is 2.54. The monoisotopic (exact) mass is 341 g/mol. The van der Waals surface area contributed by atoms with Crippen LogP contribution in [0.25, 0.3) is 0 Å². The Labute approximate surface area is 142 Å². The molecule has 1 aromatic carbocycles. The summed E-state index contributed by atoms with van der Waals surface area (Å²) in [5, 5.41) is 31.8.